The highest BCUT2D eigenvalue weighted by molar-refractivity contribution is 7.22. The molecule has 0 saturated carbocycles. The number of anilines is 1. The van der Waals surface area contributed by atoms with Crippen molar-refractivity contribution in [2.75, 3.05) is 11.4 Å². The first kappa shape index (κ1) is 16.4. The molecule has 4 rings (SSSR count). The molecule has 0 bridgehead atoms. The number of hydrogen-bond acceptors (Lipinski definition) is 4. The van der Waals surface area contributed by atoms with Crippen LogP contribution in [0.15, 0.2) is 67.0 Å². The molecule has 0 aliphatic carbocycles. The van der Waals surface area contributed by atoms with Gasteiger partial charge in [0.05, 0.1) is 11.2 Å². The van der Waals surface area contributed by atoms with E-state index in [0.717, 1.165) is 0 Å². The maximum absolute atomic E-state index is 14.0. The van der Waals surface area contributed by atoms with Crippen LogP contribution in [0.25, 0.3) is 10.2 Å². The Balaban J connectivity index is 1.70. The molecular formula is C19H15FN4OS. The molecule has 7 heteroatoms. The van der Waals surface area contributed by atoms with E-state index in [1.54, 1.807) is 40.0 Å². The van der Waals surface area contributed by atoms with Gasteiger partial charge in [-0.3, -0.25) is 14.4 Å². The van der Waals surface area contributed by atoms with E-state index in [0.29, 0.717) is 28.5 Å². The van der Waals surface area contributed by atoms with Crippen LogP contribution in [-0.4, -0.2) is 27.2 Å². The van der Waals surface area contributed by atoms with Gasteiger partial charge < -0.3 is 0 Å². The smallest absolute Gasteiger partial charge is 0.260 e. The van der Waals surface area contributed by atoms with Crippen LogP contribution in [0.2, 0.25) is 0 Å². The standard InChI is InChI=1S/C19H15FN4OS/c20-15-8-4-9-16-17(15)22-19(26-16)24(13-12-23-11-5-10-21-23)18(25)14-6-2-1-3-7-14/h1-11H,12-13H2. The third-order valence-electron chi connectivity index (χ3n) is 3.97. The van der Waals surface area contributed by atoms with E-state index in [4.69, 9.17) is 0 Å². The maximum Gasteiger partial charge on any atom is 0.260 e. The van der Waals surface area contributed by atoms with Gasteiger partial charge in [0.1, 0.15) is 11.3 Å². The summed E-state index contributed by atoms with van der Waals surface area (Å²) in [5.41, 5.74) is 0.852. The van der Waals surface area contributed by atoms with Crippen LogP contribution in [0.4, 0.5) is 9.52 Å². The lowest BCUT2D eigenvalue weighted by Gasteiger charge is -2.20. The summed E-state index contributed by atoms with van der Waals surface area (Å²) in [6.45, 7) is 0.904. The van der Waals surface area contributed by atoms with E-state index in [-0.39, 0.29) is 17.2 Å². The van der Waals surface area contributed by atoms with Gasteiger partial charge in [0.25, 0.3) is 5.91 Å². The first-order valence-corrected chi connectivity index (χ1v) is 8.93. The lowest BCUT2D eigenvalue weighted by molar-refractivity contribution is 0.0986. The molecule has 0 atom stereocenters. The molecule has 26 heavy (non-hydrogen) atoms. The monoisotopic (exact) mass is 366 g/mol. The number of amides is 1. The van der Waals surface area contributed by atoms with E-state index < -0.39 is 0 Å². The predicted octanol–water partition coefficient (Wildman–Crippen LogP) is 3.98. The Morgan fingerprint density at radius 3 is 2.69 bits per heavy atom. The number of carbonyl (C=O) groups excluding carboxylic acids is 1. The molecule has 2 aromatic heterocycles. The number of thiazole rings is 1. The molecule has 4 aromatic rings. The summed E-state index contributed by atoms with van der Waals surface area (Å²) < 4.78 is 16.5. The van der Waals surface area contributed by atoms with E-state index >= 15 is 0 Å². The molecule has 0 aliphatic heterocycles. The van der Waals surface area contributed by atoms with E-state index in [1.807, 2.05) is 30.5 Å². The molecule has 0 spiro atoms. The van der Waals surface area contributed by atoms with Gasteiger partial charge in [0.2, 0.25) is 0 Å². The van der Waals surface area contributed by atoms with Gasteiger partial charge in [-0.1, -0.05) is 35.6 Å². The van der Waals surface area contributed by atoms with Gasteiger partial charge >= 0.3 is 0 Å². The minimum absolute atomic E-state index is 0.169. The molecule has 130 valence electrons. The van der Waals surface area contributed by atoms with Crippen molar-refractivity contribution in [2.24, 2.45) is 0 Å². The quantitative estimate of drug-likeness (QED) is 0.537. The number of rotatable bonds is 5. The topological polar surface area (TPSA) is 51.0 Å². The van der Waals surface area contributed by atoms with Crippen molar-refractivity contribution in [3.8, 4) is 0 Å². The highest BCUT2D eigenvalue weighted by Crippen LogP contribution is 2.31. The van der Waals surface area contributed by atoms with Crippen LogP contribution >= 0.6 is 11.3 Å². The van der Waals surface area contributed by atoms with Crippen molar-refractivity contribution in [3.05, 3.63) is 78.4 Å². The Labute approximate surface area is 153 Å². The third-order valence-corrected chi connectivity index (χ3v) is 5.01. The second kappa shape index (κ2) is 7.05. The van der Waals surface area contributed by atoms with Gasteiger partial charge in [-0.05, 0) is 30.3 Å². The maximum atomic E-state index is 14.0. The molecule has 0 saturated heterocycles. The second-order valence-corrected chi connectivity index (χ2v) is 6.68. The minimum atomic E-state index is -0.385. The molecular weight excluding hydrogens is 351 g/mol. The van der Waals surface area contributed by atoms with Crippen LogP contribution in [0, 0.1) is 5.82 Å². The lowest BCUT2D eigenvalue weighted by Crippen LogP contribution is -2.34. The van der Waals surface area contributed by atoms with Gasteiger partial charge in [0, 0.05) is 24.5 Å². The number of benzene rings is 2. The largest absolute Gasteiger partial charge is 0.282 e. The number of carbonyl (C=O) groups is 1. The number of aromatic nitrogens is 3. The Bertz CT molecular complexity index is 1030. The van der Waals surface area contributed by atoms with E-state index in [2.05, 4.69) is 10.1 Å². The molecule has 2 heterocycles. The summed E-state index contributed by atoms with van der Waals surface area (Å²) >= 11 is 1.30. The zero-order valence-corrected chi connectivity index (χ0v) is 14.6. The average molecular weight is 366 g/mol. The molecule has 5 nitrogen and oxygen atoms in total. The highest BCUT2D eigenvalue weighted by atomic mass is 32.1. The fourth-order valence-corrected chi connectivity index (χ4v) is 3.68. The van der Waals surface area contributed by atoms with E-state index in [1.165, 1.54) is 17.4 Å². The Morgan fingerprint density at radius 2 is 1.96 bits per heavy atom. The zero-order chi connectivity index (χ0) is 17.9. The summed E-state index contributed by atoms with van der Waals surface area (Å²) in [4.78, 5) is 19.0. The SMILES string of the molecule is O=C(c1ccccc1)N(CCn1cccn1)c1nc2c(F)cccc2s1. The minimum Gasteiger partial charge on any atom is -0.282 e. The van der Waals surface area contributed by atoms with Gasteiger partial charge in [-0.2, -0.15) is 5.10 Å². The van der Waals surface area contributed by atoms with Gasteiger partial charge in [0.15, 0.2) is 5.13 Å². The number of nitrogens with zero attached hydrogens (tertiary/aromatic N) is 4. The molecule has 0 radical (unpaired) electrons. The first-order valence-electron chi connectivity index (χ1n) is 8.12. The normalized spacial score (nSPS) is 11.0. The first-order chi connectivity index (χ1) is 12.7. The van der Waals surface area contributed by atoms with Crippen LogP contribution in [0.1, 0.15) is 10.4 Å². The van der Waals surface area contributed by atoms with Crippen molar-refractivity contribution in [1.82, 2.24) is 14.8 Å². The summed E-state index contributed by atoms with van der Waals surface area (Å²) in [7, 11) is 0. The number of fused-ring (bicyclic) bond motifs is 1. The summed E-state index contributed by atoms with van der Waals surface area (Å²) in [6, 6.07) is 15.7. The third kappa shape index (κ3) is 3.21. The highest BCUT2D eigenvalue weighted by Gasteiger charge is 2.22. The van der Waals surface area contributed by atoms with Crippen LogP contribution in [0.5, 0.6) is 0 Å². The summed E-state index contributed by atoms with van der Waals surface area (Å²) in [5.74, 6) is -0.554. The van der Waals surface area contributed by atoms with Crippen molar-refractivity contribution in [3.63, 3.8) is 0 Å². The number of hydrogen-bond donors (Lipinski definition) is 0. The Hall–Kier alpha value is -3.06. The molecule has 0 N–H and O–H groups in total. The van der Waals surface area contributed by atoms with Crippen LogP contribution in [-0.2, 0) is 6.54 Å². The van der Waals surface area contributed by atoms with Crippen molar-refractivity contribution in [1.29, 1.82) is 0 Å². The molecule has 2 aromatic carbocycles. The molecule has 0 aliphatic rings. The number of halogens is 1. The van der Waals surface area contributed by atoms with Crippen molar-refractivity contribution >= 4 is 32.6 Å². The van der Waals surface area contributed by atoms with E-state index in [9.17, 15) is 9.18 Å². The predicted molar refractivity (Wildman–Crippen MR) is 99.9 cm³/mol. The molecule has 0 unspecified atom stereocenters. The Morgan fingerprint density at radius 1 is 1.12 bits per heavy atom. The van der Waals surface area contributed by atoms with Gasteiger partial charge in [-0.25, -0.2) is 9.37 Å². The number of para-hydroxylation sites is 1. The van der Waals surface area contributed by atoms with Crippen molar-refractivity contribution < 1.29 is 9.18 Å². The van der Waals surface area contributed by atoms with Crippen LogP contribution in [0.3, 0.4) is 0 Å². The van der Waals surface area contributed by atoms with Crippen LogP contribution < -0.4 is 4.90 Å². The summed E-state index contributed by atoms with van der Waals surface area (Å²) in [5, 5.41) is 4.65. The van der Waals surface area contributed by atoms with Gasteiger partial charge in [-0.15, -0.1) is 0 Å². The second-order valence-electron chi connectivity index (χ2n) is 5.67. The summed E-state index contributed by atoms with van der Waals surface area (Å²) in [6.07, 6.45) is 3.53. The molecule has 1 amide bonds. The Kier molecular flexibility index (Phi) is 4.45. The van der Waals surface area contributed by atoms with Crippen molar-refractivity contribution in [2.45, 2.75) is 6.54 Å². The fourth-order valence-electron chi connectivity index (χ4n) is 2.67. The lowest BCUT2D eigenvalue weighted by atomic mass is 10.2. The molecule has 0 fully saturated rings. The fraction of sp³-hybridized carbons (Fsp3) is 0.105. The zero-order valence-electron chi connectivity index (χ0n) is 13.7. The average Bonchev–Trinajstić information content (AvgIpc) is 3.33.